The van der Waals surface area contributed by atoms with Crippen molar-refractivity contribution >= 4 is 75.1 Å². The Bertz CT molecular complexity index is 3940. The maximum Gasteiger partial charge on any atom is 0.225 e. The normalized spacial score (nSPS) is 13.1. The van der Waals surface area contributed by atoms with E-state index in [1.807, 2.05) is 42.8 Å². The van der Waals surface area contributed by atoms with Gasteiger partial charge in [-0.25, -0.2) is 56.8 Å². The maximum atomic E-state index is 14.8. The molecule has 0 saturated heterocycles. The van der Waals surface area contributed by atoms with Crippen LogP contribution < -0.4 is 20.0 Å². The molecule has 0 atom stereocenters. The van der Waals surface area contributed by atoms with Crippen molar-refractivity contribution in [3.05, 3.63) is 230 Å². The molecule has 0 amide bonds. The fraction of sp³-hybridized carbons (Fsp3) is 0.186. The summed E-state index contributed by atoms with van der Waals surface area (Å²) >= 11 is 18.3. The topological polar surface area (TPSA) is 135 Å². The van der Waals surface area contributed by atoms with Gasteiger partial charge in [-0.3, -0.25) is 0 Å². The van der Waals surface area contributed by atoms with E-state index in [1.54, 1.807) is 82.7 Å². The number of benzene rings is 5. The van der Waals surface area contributed by atoms with Crippen LogP contribution in [0.5, 0.6) is 0 Å². The predicted octanol–water partition coefficient (Wildman–Crippen LogP) is 13.4. The SMILES string of the molecule is CNc1nc(Cc2ccc(-n3cnc(C)c3)c(F)c2)nc2c1CCN2c1ccc(F)cc1.Cc1cn(-c2ccc(Cc3nc(Cl)c4c(n3)N(c3ccc(F)cc3)CC4)cc2F)cn1.Fc1ccc(N2CCc3c(Cl)nc(Cl)nc32)cc1. The van der Waals surface area contributed by atoms with E-state index in [1.165, 1.54) is 48.5 Å². The second-order valence-electron chi connectivity index (χ2n) is 19.3. The van der Waals surface area contributed by atoms with Crippen LogP contribution in [0.3, 0.4) is 0 Å². The zero-order valence-corrected chi connectivity index (χ0v) is 46.0. The summed E-state index contributed by atoms with van der Waals surface area (Å²) in [5.41, 5.74) is 9.38. The van der Waals surface area contributed by atoms with Crippen molar-refractivity contribution in [2.45, 2.75) is 46.0 Å². The highest BCUT2D eigenvalue weighted by atomic mass is 35.5. The number of aromatic nitrogens is 10. The van der Waals surface area contributed by atoms with Crippen molar-refractivity contribution in [2.75, 3.05) is 46.7 Å². The summed E-state index contributed by atoms with van der Waals surface area (Å²) in [4.78, 5) is 41.0. The van der Waals surface area contributed by atoms with Gasteiger partial charge in [0.05, 0.1) is 35.4 Å². The molecular weight excluding hydrogens is 1110 g/mol. The summed E-state index contributed by atoms with van der Waals surface area (Å²) in [5, 5.41) is 4.06. The molecule has 5 aromatic heterocycles. The van der Waals surface area contributed by atoms with Crippen molar-refractivity contribution in [2.24, 2.45) is 0 Å². The van der Waals surface area contributed by atoms with Crippen LogP contribution in [0.15, 0.2) is 134 Å². The first-order valence-corrected chi connectivity index (χ1v) is 26.8. The molecular formula is C59H48Cl3F5N14. The molecule has 1 N–H and O–H groups in total. The molecule has 3 aliphatic rings. The van der Waals surface area contributed by atoms with Crippen LogP contribution >= 0.6 is 34.8 Å². The highest BCUT2D eigenvalue weighted by Gasteiger charge is 2.29. The molecule has 3 aliphatic heterocycles. The molecule has 8 heterocycles. The van der Waals surface area contributed by atoms with E-state index in [0.717, 1.165) is 93.8 Å². The summed E-state index contributed by atoms with van der Waals surface area (Å²) in [5.74, 6) is 2.56. The number of fused-ring (bicyclic) bond motifs is 3. The Kier molecular flexibility index (Phi) is 15.7. The molecule has 22 heteroatoms. The lowest BCUT2D eigenvalue weighted by molar-refractivity contribution is 0.615. The van der Waals surface area contributed by atoms with Gasteiger partial charge in [0.15, 0.2) is 0 Å². The van der Waals surface area contributed by atoms with E-state index in [0.29, 0.717) is 70.8 Å². The zero-order valence-electron chi connectivity index (χ0n) is 43.7. The molecule has 13 rings (SSSR count). The standard InChI is InChI=1S/C24H22F2N6.C23H18ClF2N5.C12H8Cl2FN3/c1-15-13-31(14-28-15)21-8-3-16(11-20(21)26)12-22-29-23(27-2)19-9-10-32(24(19)30-22)18-6-4-17(25)5-7-18;1-14-12-30(13-27-14)20-7-2-15(10-19(20)26)11-21-28-22(24)18-8-9-31(23(18)29-21)17-5-3-16(25)4-6-17;13-10-9-5-6-18(11(9)17-12(14)16-10)8-3-1-7(15)2-4-8/h3-8,11,13-14H,9-10,12H2,1-2H3,(H,27,29,30);2-7,10,12-13H,8-9,11H2,1H3;1-4H,5-6H2. The summed E-state index contributed by atoms with van der Waals surface area (Å²) in [7, 11) is 1.83. The molecule has 410 valence electrons. The Morgan fingerprint density at radius 3 is 1.27 bits per heavy atom. The Morgan fingerprint density at radius 1 is 0.469 bits per heavy atom. The quantitative estimate of drug-likeness (QED) is 0.0793. The lowest BCUT2D eigenvalue weighted by Gasteiger charge is -2.19. The molecule has 0 unspecified atom stereocenters. The van der Waals surface area contributed by atoms with Crippen LogP contribution in [0.2, 0.25) is 15.6 Å². The third-order valence-electron chi connectivity index (χ3n) is 13.8. The van der Waals surface area contributed by atoms with Crippen LogP contribution in [0.1, 0.15) is 50.9 Å². The number of aryl methyl sites for hydroxylation is 2. The molecule has 0 aliphatic carbocycles. The van der Waals surface area contributed by atoms with Crippen LogP contribution in [0.4, 0.5) is 62.3 Å². The molecule has 81 heavy (non-hydrogen) atoms. The van der Waals surface area contributed by atoms with Crippen molar-refractivity contribution < 1.29 is 22.0 Å². The lowest BCUT2D eigenvalue weighted by Crippen LogP contribution is -2.15. The molecule has 0 radical (unpaired) electrons. The van der Waals surface area contributed by atoms with Crippen molar-refractivity contribution in [3.63, 3.8) is 0 Å². The van der Waals surface area contributed by atoms with Gasteiger partial charge in [0.25, 0.3) is 0 Å². The van der Waals surface area contributed by atoms with E-state index < -0.39 is 0 Å². The smallest absolute Gasteiger partial charge is 0.225 e. The summed E-state index contributed by atoms with van der Waals surface area (Å²) < 4.78 is 72.4. The Labute approximate surface area is 477 Å². The Balaban J connectivity index is 0.000000133. The summed E-state index contributed by atoms with van der Waals surface area (Å²) in [6.45, 7) is 5.87. The first-order chi connectivity index (χ1) is 39.1. The van der Waals surface area contributed by atoms with Gasteiger partial charge in [0.1, 0.15) is 74.3 Å². The van der Waals surface area contributed by atoms with Crippen LogP contribution in [-0.4, -0.2) is 75.7 Å². The largest absolute Gasteiger partial charge is 0.373 e. The molecule has 5 aromatic carbocycles. The van der Waals surface area contributed by atoms with E-state index in [9.17, 15) is 22.0 Å². The second kappa shape index (κ2) is 23.3. The van der Waals surface area contributed by atoms with Crippen LogP contribution in [0.25, 0.3) is 11.4 Å². The van der Waals surface area contributed by atoms with Gasteiger partial charge < -0.3 is 29.2 Å². The van der Waals surface area contributed by atoms with E-state index >= 15 is 0 Å². The Hall–Kier alpha value is -8.52. The Morgan fingerprint density at radius 2 is 0.864 bits per heavy atom. The van der Waals surface area contributed by atoms with Gasteiger partial charge in [-0.2, -0.15) is 4.98 Å². The minimum Gasteiger partial charge on any atom is -0.373 e. The third kappa shape index (κ3) is 11.9. The minimum absolute atomic E-state index is 0.118. The van der Waals surface area contributed by atoms with Crippen molar-refractivity contribution in [1.82, 2.24) is 49.0 Å². The first kappa shape index (κ1) is 54.4. The van der Waals surface area contributed by atoms with Crippen LogP contribution in [0, 0.1) is 42.9 Å². The van der Waals surface area contributed by atoms with Gasteiger partial charge in [-0.15, -0.1) is 0 Å². The number of hydrogen-bond donors (Lipinski definition) is 1. The van der Waals surface area contributed by atoms with Gasteiger partial charge in [0, 0.05) is 85.7 Å². The van der Waals surface area contributed by atoms with E-state index in [2.05, 4.69) is 40.1 Å². The molecule has 0 saturated carbocycles. The number of hydrogen-bond acceptors (Lipinski definition) is 12. The first-order valence-electron chi connectivity index (χ1n) is 25.7. The van der Waals surface area contributed by atoms with Gasteiger partial charge in [0.2, 0.25) is 5.28 Å². The van der Waals surface area contributed by atoms with E-state index in [-0.39, 0.29) is 34.4 Å². The number of nitrogens with zero attached hydrogens (tertiary/aromatic N) is 13. The predicted molar refractivity (Wildman–Crippen MR) is 304 cm³/mol. The van der Waals surface area contributed by atoms with Gasteiger partial charge in [-0.05, 0) is 153 Å². The average molecular weight is 1150 g/mol. The second-order valence-corrected chi connectivity index (χ2v) is 20.3. The highest BCUT2D eigenvalue weighted by Crippen LogP contribution is 2.39. The number of anilines is 7. The van der Waals surface area contributed by atoms with Gasteiger partial charge >= 0.3 is 0 Å². The number of nitrogens with one attached hydrogen (secondary N) is 1. The summed E-state index contributed by atoms with van der Waals surface area (Å²) in [6.07, 6.45) is 9.71. The van der Waals surface area contributed by atoms with E-state index in [4.69, 9.17) is 44.8 Å². The summed E-state index contributed by atoms with van der Waals surface area (Å²) in [6, 6.07) is 29.1. The number of halogens is 8. The number of imidazole rings is 2. The fourth-order valence-electron chi connectivity index (χ4n) is 9.94. The highest BCUT2D eigenvalue weighted by molar-refractivity contribution is 6.32. The molecule has 14 nitrogen and oxygen atoms in total. The third-order valence-corrected chi connectivity index (χ3v) is 14.6. The van der Waals surface area contributed by atoms with Gasteiger partial charge in [-0.1, -0.05) is 35.3 Å². The van der Waals surface area contributed by atoms with Crippen molar-refractivity contribution in [1.29, 1.82) is 0 Å². The van der Waals surface area contributed by atoms with Crippen molar-refractivity contribution in [3.8, 4) is 11.4 Å². The lowest BCUT2D eigenvalue weighted by atomic mass is 10.1. The molecule has 10 aromatic rings. The minimum atomic E-state index is -0.352. The molecule has 0 spiro atoms. The average Bonchev–Trinajstić information content (AvgIpc) is 4.40. The monoisotopic (exact) mass is 1150 g/mol. The molecule has 0 bridgehead atoms. The fourth-order valence-corrected chi connectivity index (χ4v) is 10.7. The maximum absolute atomic E-state index is 14.8. The van der Waals surface area contributed by atoms with Crippen LogP contribution in [-0.2, 0) is 32.1 Å². The number of rotatable bonds is 10. The zero-order chi connectivity index (χ0) is 56.5. The molecule has 0 fully saturated rings.